The number of hydrogen-bond acceptors (Lipinski definition) is 5. The van der Waals surface area contributed by atoms with Crippen LogP contribution in [0.5, 0.6) is 11.5 Å². The second kappa shape index (κ2) is 9.27. The van der Waals surface area contributed by atoms with Crippen LogP contribution in [0.25, 0.3) is 6.08 Å². The van der Waals surface area contributed by atoms with Crippen molar-refractivity contribution in [1.29, 1.82) is 0 Å². The van der Waals surface area contributed by atoms with Crippen LogP contribution in [-0.2, 0) is 4.79 Å². The number of carbonyl (C=O) groups excluding carboxylic acids is 2. The lowest BCUT2D eigenvalue weighted by Crippen LogP contribution is -2.35. The van der Waals surface area contributed by atoms with Gasteiger partial charge in [0, 0.05) is 5.56 Å². The summed E-state index contributed by atoms with van der Waals surface area (Å²) in [5, 5.41) is 13.8. The SMILES string of the molecule is CCOc1ccc(/C=C(\NC(=O)c2ccccc2)C(=O)[O-])cc1OCC. The van der Waals surface area contributed by atoms with Gasteiger partial charge in [-0.3, -0.25) is 4.79 Å². The Labute approximate surface area is 152 Å². The van der Waals surface area contributed by atoms with Gasteiger partial charge in [0.05, 0.1) is 24.9 Å². The van der Waals surface area contributed by atoms with E-state index in [4.69, 9.17) is 9.47 Å². The maximum Gasteiger partial charge on any atom is 0.255 e. The summed E-state index contributed by atoms with van der Waals surface area (Å²) in [6.45, 7) is 4.61. The summed E-state index contributed by atoms with van der Waals surface area (Å²) in [5.41, 5.74) is 0.538. The van der Waals surface area contributed by atoms with Gasteiger partial charge in [-0.25, -0.2) is 0 Å². The van der Waals surface area contributed by atoms with E-state index in [1.807, 2.05) is 13.8 Å². The summed E-state index contributed by atoms with van der Waals surface area (Å²) in [7, 11) is 0. The molecule has 2 aromatic rings. The van der Waals surface area contributed by atoms with Crippen molar-refractivity contribution in [3.63, 3.8) is 0 Å². The lowest BCUT2D eigenvalue weighted by molar-refractivity contribution is -0.299. The second-order valence-corrected chi connectivity index (χ2v) is 5.24. The van der Waals surface area contributed by atoms with Crippen molar-refractivity contribution >= 4 is 18.0 Å². The highest BCUT2D eigenvalue weighted by molar-refractivity contribution is 6.02. The molecule has 0 saturated carbocycles. The molecule has 1 N–H and O–H groups in total. The second-order valence-electron chi connectivity index (χ2n) is 5.24. The zero-order valence-corrected chi connectivity index (χ0v) is 14.7. The van der Waals surface area contributed by atoms with Gasteiger partial charge in [-0.05, 0) is 49.8 Å². The molecule has 0 fully saturated rings. The third-order valence-corrected chi connectivity index (χ3v) is 3.38. The highest BCUT2D eigenvalue weighted by Crippen LogP contribution is 2.29. The molecular weight excluding hydrogens is 334 g/mol. The van der Waals surface area contributed by atoms with Gasteiger partial charge in [0.15, 0.2) is 11.5 Å². The van der Waals surface area contributed by atoms with Gasteiger partial charge in [0.2, 0.25) is 0 Å². The molecule has 0 bridgehead atoms. The van der Waals surface area contributed by atoms with Crippen LogP contribution in [0.15, 0.2) is 54.2 Å². The van der Waals surface area contributed by atoms with Crippen LogP contribution in [-0.4, -0.2) is 25.1 Å². The van der Waals surface area contributed by atoms with Crippen molar-refractivity contribution in [3.8, 4) is 11.5 Å². The molecule has 2 aromatic carbocycles. The van der Waals surface area contributed by atoms with E-state index in [1.54, 1.807) is 48.5 Å². The van der Waals surface area contributed by atoms with E-state index in [1.165, 1.54) is 6.08 Å². The third kappa shape index (κ3) is 5.11. The average molecular weight is 354 g/mol. The summed E-state index contributed by atoms with van der Waals surface area (Å²) in [6.07, 6.45) is 1.31. The molecule has 0 aliphatic heterocycles. The Kier molecular flexibility index (Phi) is 6.79. The number of carboxylic acid groups (broad SMARTS) is 1. The molecule has 0 radical (unpaired) electrons. The van der Waals surface area contributed by atoms with Crippen LogP contribution in [0.1, 0.15) is 29.8 Å². The third-order valence-electron chi connectivity index (χ3n) is 3.38. The van der Waals surface area contributed by atoms with Crippen molar-refractivity contribution in [2.45, 2.75) is 13.8 Å². The number of amides is 1. The van der Waals surface area contributed by atoms with E-state index in [2.05, 4.69) is 5.32 Å². The van der Waals surface area contributed by atoms with Gasteiger partial charge >= 0.3 is 0 Å². The minimum absolute atomic E-state index is 0.342. The lowest BCUT2D eigenvalue weighted by Gasteiger charge is -2.13. The Bertz CT molecular complexity index is 799. The van der Waals surface area contributed by atoms with Gasteiger partial charge in [0.1, 0.15) is 0 Å². The number of nitrogens with one attached hydrogen (secondary N) is 1. The number of rotatable bonds is 8. The molecule has 6 nitrogen and oxygen atoms in total. The molecule has 26 heavy (non-hydrogen) atoms. The fraction of sp³-hybridized carbons (Fsp3) is 0.200. The molecule has 0 saturated heterocycles. The van der Waals surface area contributed by atoms with Crippen LogP contribution in [0.2, 0.25) is 0 Å². The molecule has 0 aliphatic rings. The molecular formula is C20H20NO5-. The number of aliphatic carboxylic acids is 1. The molecule has 0 atom stereocenters. The first-order valence-electron chi connectivity index (χ1n) is 8.24. The Balaban J connectivity index is 2.29. The van der Waals surface area contributed by atoms with Crippen LogP contribution >= 0.6 is 0 Å². The van der Waals surface area contributed by atoms with Gasteiger partial charge in [0.25, 0.3) is 5.91 Å². The van der Waals surface area contributed by atoms with Crippen molar-refractivity contribution in [3.05, 3.63) is 65.4 Å². The molecule has 2 rings (SSSR count). The van der Waals surface area contributed by atoms with E-state index in [-0.39, 0.29) is 5.70 Å². The van der Waals surface area contributed by atoms with E-state index in [0.717, 1.165) is 0 Å². The Hall–Kier alpha value is -3.28. The molecule has 6 heteroatoms. The molecule has 0 spiro atoms. The predicted octanol–water partition coefficient (Wildman–Crippen LogP) is 2.00. The van der Waals surface area contributed by atoms with Crippen LogP contribution < -0.4 is 19.9 Å². The van der Waals surface area contributed by atoms with Crippen molar-refractivity contribution in [2.75, 3.05) is 13.2 Å². The number of carboxylic acids is 1. The molecule has 1 amide bonds. The normalized spacial score (nSPS) is 10.9. The summed E-state index contributed by atoms with van der Waals surface area (Å²) in [6, 6.07) is 13.3. The highest BCUT2D eigenvalue weighted by atomic mass is 16.5. The summed E-state index contributed by atoms with van der Waals surface area (Å²) < 4.78 is 11.0. The van der Waals surface area contributed by atoms with Crippen molar-refractivity contribution in [2.24, 2.45) is 0 Å². The standard InChI is InChI=1S/C20H21NO5/c1-3-25-17-11-10-14(13-18(17)26-4-2)12-16(20(23)24)21-19(22)15-8-6-5-7-9-15/h5-13H,3-4H2,1-2H3,(H,21,22)(H,23,24)/p-1/b16-12-. The molecule has 136 valence electrons. The molecule has 0 heterocycles. The number of carbonyl (C=O) groups is 2. The van der Waals surface area contributed by atoms with E-state index < -0.39 is 11.9 Å². The van der Waals surface area contributed by atoms with Crippen molar-refractivity contribution < 1.29 is 24.2 Å². The van der Waals surface area contributed by atoms with Crippen LogP contribution in [0, 0.1) is 0 Å². The van der Waals surface area contributed by atoms with E-state index in [9.17, 15) is 14.7 Å². The fourth-order valence-electron chi connectivity index (χ4n) is 2.25. The van der Waals surface area contributed by atoms with Gasteiger partial charge in [-0.1, -0.05) is 24.3 Å². The summed E-state index contributed by atoms with van der Waals surface area (Å²) in [4.78, 5) is 23.6. The minimum Gasteiger partial charge on any atom is -0.543 e. The quantitative estimate of drug-likeness (QED) is 0.733. The zero-order chi connectivity index (χ0) is 18.9. The smallest absolute Gasteiger partial charge is 0.255 e. The first-order chi connectivity index (χ1) is 12.5. The molecule has 0 unspecified atom stereocenters. The lowest BCUT2D eigenvalue weighted by atomic mass is 10.1. The summed E-state index contributed by atoms with van der Waals surface area (Å²) >= 11 is 0. The molecule has 0 aliphatic carbocycles. The van der Waals surface area contributed by atoms with Gasteiger partial charge in [-0.15, -0.1) is 0 Å². The highest BCUT2D eigenvalue weighted by Gasteiger charge is 2.10. The van der Waals surface area contributed by atoms with Crippen molar-refractivity contribution in [1.82, 2.24) is 5.32 Å². The van der Waals surface area contributed by atoms with Crippen LogP contribution in [0.4, 0.5) is 0 Å². The fourth-order valence-corrected chi connectivity index (χ4v) is 2.25. The van der Waals surface area contributed by atoms with Gasteiger partial charge < -0.3 is 24.7 Å². The topological polar surface area (TPSA) is 87.7 Å². The Morgan fingerprint density at radius 3 is 2.27 bits per heavy atom. The van der Waals surface area contributed by atoms with E-state index >= 15 is 0 Å². The Morgan fingerprint density at radius 2 is 1.65 bits per heavy atom. The largest absolute Gasteiger partial charge is 0.543 e. The number of hydrogen-bond donors (Lipinski definition) is 1. The number of ether oxygens (including phenoxy) is 2. The summed E-state index contributed by atoms with van der Waals surface area (Å²) in [5.74, 6) is -0.955. The first-order valence-corrected chi connectivity index (χ1v) is 8.24. The van der Waals surface area contributed by atoms with Crippen LogP contribution in [0.3, 0.4) is 0 Å². The van der Waals surface area contributed by atoms with Gasteiger partial charge in [-0.2, -0.15) is 0 Å². The minimum atomic E-state index is -1.49. The zero-order valence-electron chi connectivity index (χ0n) is 14.7. The maximum atomic E-state index is 12.2. The monoisotopic (exact) mass is 354 g/mol. The maximum absolute atomic E-state index is 12.2. The number of benzene rings is 2. The first kappa shape index (κ1) is 19.1. The Morgan fingerprint density at radius 1 is 1.00 bits per heavy atom. The predicted molar refractivity (Wildman–Crippen MR) is 95.7 cm³/mol. The average Bonchev–Trinajstić information content (AvgIpc) is 2.64. The molecule has 0 aromatic heterocycles. The van der Waals surface area contributed by atoms with E-state index in [0.29, 0.717) is 35.8 Å².